The molecule has 0 saturated carbocycles. The minimum Gasteiger partial charge on any atom is -0.478 e. The molecule has 0 saturated heterocycles. The van der Waals surface area contributed by atoms with E-state index in [1.807, 2.05) is 48.6 Å². The van der Waals surface area contributed by atoms with Crippen LogP contribution in [0.2, 0.25) is 0 Å². The molecule has 3 heteroatoms. The van der Waals surface area contributed by atoms with Gasteiger partial charge in [0.05, 0.1) is 5.57 Å². The quantitative estimate of drug-likeness (QED) is 0.852. The first-order chi connectivity index (χ1) is 9.74. The summed E-state index contributed by atoms with van der Waals surface area (Å²) in [6.07, 6.45) is 8.42. The van der Waals surface area contributed by atoms with Gasteiger partial charge in [0.25, 0.3) is 0 Å². The van der Waals surface area contributed by atoms with Crippen LogP contribution in [-0.2, 0) is 4.79 Å². The Bertz CT molecular complexity index is 680. The molecule has 0 aromatic heterocycles. The molecule has 20 heavy (non-hydrogen) atoms. The minimum absolute atomic E-state index is 0.413. The summed E-state index contributed by atoms with van der Waals surface area (Å²) in [5.74, 6) is -0.869. The molecule has 100 valence electrons. The highest BCUT2D eigenvalue weighted by molar-refractivity contribution is 6.20. The van der Waals surface area contributed by atoms with Gasteiger partial charge in [0.2, 0.25) is 0 Å². The van der Waals surface area contributed by atoms with Crippen molar-refractivity contribution in [3.63, 3.8) is 0 Å². The molecule has 2 aliphatic rings. The third-order valence-electron chi connectivity index (χ3n) is 3.60. The number of carbonyl (C=O) groups is 1. The van der Waals surface area contributed by atoms with Crippen LogP contribution < -0.4 is 4.90 Å². The van der Waals surface area contributed by atoms with Crippen molar-refractivity contribution in [1.29, 1.82) is 0 Å². The summed E-state index contributed by atoms with van der Waals surface area (Å²) in [6, 6.07) is 7.63. The summed E-state index contributed by atoms with van der Waals surface area (Å²) in [5, 5.41) is 9.59. The second-order valence-corrected chi connectivity index (χ2v) is 4.76. The predicted molar refractivity (Wildman–Crippen MR) is 80.4 cm³/mol. The van der Waals surface area contributed by atoms with Crippen molar-refractivity contribution in [3.05, 3.63) is 72.0 Å². The average Bonchev–Trinajstić information content (AvgIpc) is 2.47. The number of carboxylic acid groups (broad SMARTS) is 1. The van der Waals surface area contributed by atoms with Gasteiger partial charge in [0.1, 0.15) is 0 Å². The fraction of sp³-hybridized carbons (Fsp3) is 0.118. The zero-order chi connectivity index (χ0) is 14.1. The van der Waals surface area contributed by atoms with E-state index >= 15 is 0 Å². The van der Waals surface area contributed by atoms with Gasteiger partial charge in [-0.2, -0.15) is 0 Å². The van der Waals surface area contributed by atoms with Crippen LogP contribution in [0.1, 0.15) is 12.0 Å². The number of carboxylic acids is 1. The largest absolute Gasteiger partial charge is 0.478 e. The monoisotopic (exact) mass is 265 g/mol. The maximum atomic E-state index is 11.7. The number of para-hydroxylation sites is 1. The van der Waals surface area contributed by atoms with Crippen LogP contribution >= 0.6 is 0 Å². The Hall–Kier alpha value is -2.55. The van der Waals surface area contributed by atoms with Crippen molar-refractivity contribution < 1.29 is 9.90 Å². The highest BCUT2D eigenvalue weighted by Gasteiger charge is 2.31. The maximum absolute atomic E-state index is 11.7. The minimum atomic E-state index is -0.869. The molecule has 0 bridgehead atoms. The zero-order valence-electron chi connectivity index (χ0n) is 11.0. The van der Waals surface area contributed by atoms with Gasteiger partial charge in [-0.15, -0.1) is 6.58 Å². The Morgan fingerprint density at radius 1 is 1.40 bits per heavy atom. The molecule has 1 aromatic carbocycles. The fourth-order valence-electron chi connectivity index (χ4n) is 2.82. The van der Waals surface area contributed by atoms with Gasteiger partial charge in [-0.25, -0.2) is 4.79 Å². The number of benzene rings is 1. The highest BCUT2D eigenvalue weighted by atomic mass is 16.4. The van der Waals surface area contributed by atoms with Crippen molar-refractivity contribution in [2.75, 3.05) is 11.4 Å². The summed E-state index contributed by atoms with van der Waals surface area (Å²) in [6.45, 7) is 4.46. The van der Waals surface area contributed by atoms with Gasteiger partial charge in [-0.05, 0) is 24.1 Å². The topological polar surface area (TPSA) is 40.5 Å². The summed E-state index contributed by atoms with van der Waals surface area (Å²) in [4.78, 5) is 13.8. The predicted octanol–water partition coefficient (Wildman–Crippen LogP) is 3.37. The van der Waals surface area contributed by atoms with Crippen molar-refractivity contribution in [3.8, 4) is 0 Å². The average molecular weight is 265 g/mol. The molecular formula is C17H15NO2. The molecular weight excluding hydrogens is 250 g/mol. The molecule has 0 unspecified atom stereocenters. The van der Waals surface area contributed by atoms with Crippen LogP contribution in [0, 0.1) is 0 Å². The van der Waals surface area contributed by atoms with Crippen molar-refractivity contribution in [1.82, 2.24) is 0 Å². The van der Waals surface area contributed by atoms with Crippen molar-refractivity contribution in [2.24, 2.45) is 0 Å². The molecule has 0 amide bonds. The number of allylic oxidation sites excluding steroid dienone is 4. The van der Waals surface area contributed by atoms with E-state index in [1.54, 1.807) is 0 Å². The Balaban J connectivity index is 2.30. The third-order valence-corrected chi connectivity index (χ3v) is 3.60. The van der Waals surface area contributed by atoms with Crippen LogP contribution in [0.5, 0.6) is 0 Å². The first kappa shape index (κ1) is 12.5. The number of aliphatic carboxylic acids is 1. The summed E-state index contributed by atoms with van der Waals surface area (Å²) in [5.41, 5.74) is 3.96. The molecule has 1 heterocycles. The lowest BCUT2D eigenvalue weighted by molar-refractivity contribution is -0.130. The number of hydrogen-bond acceptors (Lipinski definition) is 2. The van der Waals surface area contributed by atoms with Gasteiger partial charge in [0, 0.05) is 23.5 Å². The van der Waals surface area contributed by atoms with Crippen LogP contribution in [-0.4, -0.2) is 17.6 Å². The van der Waals surface area contributed by atoms with Crippen LogP contribution in [0.15, 0.2) is 66.4 Å². The molecule has 1 aliphatic carbocycles. The molecule has 0 radical (unpaired) electrons. The van der Waals surface area contributed by atoms with E-state index in [4.69, 9.17) is 0 Å². The van der Waals surface area contributed by atoms with E-state index in [0.29, 0.717) is 18.5 Å². The van der Waals surface area contributed by atoms with Crippen molar-refractivity contribution in [2.45, 2.75) is 6.42 Å². The first-order valence-corrected chi connectivity index (χ1v) is 6.55. The lowest BCUT2D eigenvalue weighted by Crippen LogP contribution is -2.30. The lowest BCUT2D eigenvalue weighted by Gasteiger charge is -2.35. The first-order valence-electron chi connectivity index (χ1n) is 6.55. The fourth-order valence-corrected chi connectivity index (χ4v) is 2.82. The number of nitrogens with zero attached hydrogens (tertiary/aromatic N) is 1. The molecule has 1 aliphatic heterocycles. The van der Waals surface area contributed by atoms with E-state index in [-0.39, 0.29) is 0 Å². The number of hydrogen-bond donors (Lipinski definition) is 1. The zero-order valence-corrected chi connectivity index (χ0v) is 11.0. The van der Waals surface area contributed by atoms with Gasteiger partial charge in [0.15, 0.2) is 0 Å². The van der Waals surface area contributed by atoms with E-state index in [2.05, 4.69) is 11.5 Å². The molecule has 0 atom stereocenters. The van der Waals surface area contributed by atoms with Crippen LogP contribution in [0.4, 0.5) is 5.69 Å². The van der Waals surface area contributed by atoms with E-state index in [9.17, 15) is 9.90 Å². The van der Waals surface area contributed by atoms with Gasteiger partial charge in [-0.1, -0.05) is 36.4 Å². The Morgan fingerprint density at radius 2 is 2.20 bits per heavy atom. The Kier molecular flexibility index (Phi) is 3.03. The smallest absolute Gasteiger partial charge is 0.336 e. The van der Waals surface area contributed by atoms with Gasteiger partial charge in [-0.3, -0.25) is 0 Å². The number of anilines is 1. The molecule has 1 aromatic rings. The molecule has 1 N–H and O–H groups in total. The third kappa shape index (κ3) is 1.79. The molecule has 3 rings (SSSR count). The van der Waals surface area contributed by atoms with Crippen LogP contribution in [0.3, 0.4) is 0 Å². The number of rotatable bonds is 3. The normalized spacial score (nSPS) is 16.4. The molecule has 0 spiro atoms. The van der Waals surface area contributed by atoms with E-state index in [1.165, 1.54) is 0 Å². The van der Waals surface area contributed by atoms with E-state index < -0.39 is 5.97 Å². The highest BCUT2D eigenvalue weighted by Crippen LogP contribution is 2.42. The Morgan fingerprint density at radius 3 is 2.95 bits per heavy atom. The second kappa shape index (κ2) is 4.85. The molecule has 3 nitrogen and oxygen atoms in total. The summed E-state index contributed by atoms with van der Waals surface area (Å²) >= 11 is 0. The van der Waals surface area contributed by atoms with Crippen molar-refractivity contribution >= 4 is 17.2 Å². The van der Waals surface area contributed by atoms with Crippen LogP contribution in [0.25, 0.3) is 5.57 Å². The van der Waals surface area contributed by atoms with E-state index in [0.717, 1.165) is 22.5 Å². The lowest BCUT2D eigenvalue weighted by atomic mass is 9.87. The number of fused-ring (bicyclic) bond motifs is 2. The Labute approximate surface area is 117 Å². The van der Waals surface area contributed by atoms with Gasteiger partial charge < -0.3 is 10.0 Å². The summed E-state index contributed by atoms with van der Waals surface area (Å²) in [7, 11) is 0. The summed E-state index contributed by atoms with van der Waals surface area (Å²) < 4.78 is 0. The molecule has 0 fully saturated rings. The SMILES string of the molecule is C=CCN1C2=CC=CCC2=C(C(=O)O)c2ccccc21. The standard InChI is InChI=1S/C17H15NO2/c1-2-11-18-14-9-5-3-7-12(14)16(17(19)20)13-8-4-6-10-15(13)18/h2-7,9-10H,1,8,11H2,(H,19,20). The van der Waals surface area contributed by atoms with Gasteiger partial charge >= 0.3 is 5.97 Å². The maximum Gasteiger partial charge on any atom is 0.336 e. The second-order valence-electron chi connectivity index (χ2n) is 4.76.